The molecular formula is C30H38ClN3O7S2. The quantitative estimate of drug-likeness (QED) is 0.359. The van der Waals surface area contributed by atoms with Crippen molar-refractivity contribution in [1.82, 2.24) is 9.21 Å². The maximum atomic E-state index is 13.9. The number of benzene rings is 1. The molecule has 0 spiro atoms. The van der Waals surface area contributed by atoms with E-state index in [0.717, 1.165) is 20.8 Å². The number of aryl methyl sites for hydroxylation is 1. The summed E-state index contributed by atoms with van der Waals surface area (Å²) < 4.78 is 33.9. The van der Waals surface area contributed by atoms with Crippen molar-refractivity contribution in [3.63, 3.8) is 0 Å². The number of fused-ring (bicyclic) bond motifs is 1. The van der Waals surface area contributed by atoms with Crippen LogP contribution in [0.2, 0.25) is 4.34 Å². The van der Waals surface area contributed by atoms with E-state index in [1.807, 2.05) is 32.9 Å². The van der Waals surface area contributed by atoms with Gasteiger partial charge in [-0.1, -0.05) is 38.4 Å². The molecule has 4 rings (SSSR count). The predicted molar refractivity (Wildman–Crippen MR) is 168 cm³/mol. The van der Waals surface area contributed by atoms with Gasteiger partial charge in [-0.25, -0.2) is 13.2 Å². The summed E-state index contributed by atoms with van der Waals surface area (Å²) in [6.45, 7) is 9.78. The number of carbonyl (C=O) groups excluding carboxylic acids is 2. The van der Waals surface area contributed by atoms with Crippen molar-refractivity contribution >= 4 is 62.7 Å². The number of hydrogen-bond donors (Lipinski definition) is 1. The predicted octanol–water partition coefficient (Wildman–Crippen LogP) is 5.77. The van der Waals surface area contributed by atoms with E-state index in [1.54, 1.807) is 30.0 Å². The largest absolute Gasteiger partial charge is 0.465 e. The third kappa shape index (κ3) is 7.08. The van der Waals surface area contributed by atoms with Gasteiger partial charge in [0.25, 0.3) is 0 Å². The minimum atomic E-state index is -4.25. The number of anilines is 1. The second-order valence-corrected chi connectivity index (χ2v) is 15.2. The molecule has 234 valence electrons. The van der Waals surface area contributed by atoms with Gasteiger partial charge in [-0.3, -0.25) is 9.59 Å². The number of halogens is 1. The van der Waals surface area contributed by atoms with Crippen molar-refractivity contribution in [2.45, 2.75) is 72.0 Å². The molecule has 13 heteroatoms. The Labute approximate surface area is 261 Å². The number of thiophene rings is 1. The molecule has 3 heterocycles. The zero-order chi connectivity index (χ0) is 31.7. The molecule has 0 saturated carbocycles. The molecule has 1 aromatic carbocycles. The molecular weight excluding hydrogens is 614 g/mol. The van der Waals surface area contributed by atoms with Gasteiger partial charge in [0, 0.05) is 29.1 Å². The average molecular weight is 652 g/mol. The van der Waals surface area contributed by atoms with E-state index in [2.05, 4.69) is 0 Å². The normalized spacial score (nSPS) is 20.4. The molecule has 2 aliphatic heterocycles. The monoisotopic (exact) mass is 651 g/mol. The van der Waals surface area contributed by atoms with Crippen molar-refractivity contribution in [3.8, 4) is 0 Å². The Bertz CT molecular complexity index is 1520. The Balaban J connectivity index is 1.67. The first-order valence-corrected chi connectivity index (χ1v) is 16.9. The molecule has 1 aromatic heterocycles. The highest BCUT2D eigenvalue weighted by Gasteiger charge is 2.46. The van der Waals surface area contributed by atoms with Crippen molar-refractivity contribution in [1.29, 1.82) is 0 Å². The van der Waals surface area contributed by atoms with Crippen LogP contribution in [0.3, 0.4) is 0 Å². The Morgan fingerprint density at radius 2 is 1.95 bits per heavy atom. The number of amides is 2. The highest BCUT2D eigenvalue weighted by Crippen LogP contribution is 2.43. The number of rotatable bonds is 8. The molecule has 2 aliphatic rings. The van der Waals surface area contributed by atoms with E-state index >= 15 is 0 Å². The standard InChI is InChI=1S/C30H38ClN3O7S2/c1-6-41-28(36)19(2)34(43(39,40)17-14-22-10-12-25(31)42-22)24-13-16-32(27(24)35)21-9-11-23-20(18-21)8-7-15-33(29(37)38)26(23)30(3,4)5/h9-12,14,17-19,24,26H,6-8,13,15-16H2,1-5H3,(H,37,38)/b17-14+/t19?,24-,26?/m0/s1. The summed E-state index contributed by atoms with van der Waals surface area (Å²) in [5.74, 6) is -1.19. The lowest BCUT2D eigenvalue weighted by atomic mass is 9.80. The van der Waals surface area contributed by atoms with Gasteiger partial charge in [-0.05, 0) is 80.0 Å². The molecule has 0 radical (unpaired) electrons. The van der Waals surface area contributed by atoms with Crippen LogP contribution in [-0.2, 0) is 30.8 Å². The third-order valence-electron chi connectivity index (χ3n) is 7.74. The first-order valence-electron chi connectivity index (χ1n) is 14.2. The second kappa shape index (κ2) is 13.0. The molecule has 1 fully saturated rings. The van der Waals surface area contributed by atoms with Crippen molar-refractivity contribution in [3.05, 3.63) is 56.1 Å². The number of esters is 1. The average Bonchev–Trinajstić information content (AvgIpc) is 3.44. The zero-order valence-electron chi connectivity index (χ0n) is 24.9. The maximum Gasteiger partial charge on any atom is 0.407 e. The van der Waals surface area contributed by atoms with Gasteiger partial charge in [-0.2, -0.15) is 4.31 Å². The van der Waals surface area contributed by atoms with Crippen LogP contribution < -0.4 is 4.90 Å². The van der Waals surface area contributed by atoms with Crippen LogP contribution in [-0.4, -0.2) is 72.5 Å². The van der Waals surface area contributed by atoms with Gasteiger partial charge < -0.3 is 19.6 Å². The van der Waals surface area contributed by atoms with Crippen LogP contribution in [0.15, 0.2) is 35.7 Å². The third-order valence-corrected chi connectivity index (χ3v) is 10.6. The SMILES string of the molecule is CCOC(=O)C(C)N([C@H]1CCN(c2ccc3c(c2)CCCN(C(=O)O)C3C(C)(C)C)C1=O)S(=O)(=O)/C=C/c1ccc(Cl)s1. The smallest absolute Gasteiger partial charge is 0.407 e. The van der Waals surface area contributed by atoms with Crippen LogP contribution in [0.25, 0.3) is 6.08 Å². The Morgan fingerprint density at radius 1 is 1.23 bits per heavy atom. The number of carbonyl (C=O) groups is 3. The van der Waals surface area contributed by atoms with Crippen LogP contribution in [0.5, 0.6) is 0 Å². The van der Waals surface area contributed by atoms with E-state index in [-0.39, 0.29) is 31.0 Å². The van der Waals surface area contributed by atoms with E-state index in [9.17, 15) is 27.9 Å². The highest BCUT2D eigenvalue weighted by molar-refractivity contribution is 7.92. The van der Waals surface area contributed by atoms with E-state index < -0.39 is 40.1 Å². The van der Waals surface area contributed by atoms with Crippen molar-refractivity contribution in [2.24, 2.45) is 5.41 Å². The molecule has 1 saturated heterocycles. The summed E-state index contributed by atoms with van der Waals surface area (Å²) in [6, 6.07) is 6.19. The van der Waals surface area contributed by atoms with Crippen molar-refractivity contribution in [2.75, 3.05) is 24.6 Å². The Hall–Kier alpha value is -2.93. The molecule has 3 atom stereocenters. The Kier molecular flexibility index (Phi) is 9.95. The van der Waals surface area contributed by atoms with Gasteiger partial charge in [0.2, 0.25) is 15.9 Å². The molecule has 2 unspecified atom stereocenters. The number of nitrogens with zero attached hydrogens (tertiary/aromatic N) is 3. The molecule has 43 heavy (non-hydrogen) atoms. The van der Waals surface area contributed by atoms with Crippen molar-refractivity contribution < 1.29 is 32.6 Å². The number of carboxylic acid groups (broad SMARTS) is 1. The van der Waals surface area contributed by atoms with E-state index in [4.69, 9.17) is 16.3 Å². The van der Waals surface area contributed by atoms with Gasteiger partial charge in [0.15, 0.2) is 0 Å². The maximum absolute atomic E-state index is 13.9. The fourth-order valence-corrected chi connectivity index (χ4v) is 8.54. The van der Waals surface area contributed by atoms with Gasteiger partial charge >= 0.3 is 12.1 Å². The highest BCUT2D eigenvalue weighted by atomic mass is 35.5. The van der Waals surface area contributed by atoms with E-state index in [1.165, 1.54) is 29.2 Å². The summed E-state index contributed by atoms with van der Waals surface area (Å²) in [7, 11) is -4.25. The second-order valence-electron chi connectivity index (χ2n) is 11.8. The lowest BCUT2D eigenvalue weighted by Crippen LogP contribution is -2.52. The van der Waals surface area contributed by atoms with Crippen LogP contribution >= 0.6 is 22.9 Å². The fraction of sp³-hybridized carbons (Fsp3) is 0.500. The topological polar surface area (TPSA) is 125 Å². The number of sulfonamides is 1. The van der Waals surface area contributed by atoms with Gasteiger partial charge in [-0.15, -0.1) is 11.3 Å². The van der Waals surface area contributed by atoms with Gasteiger partial charge in [0.05, 0.1) is 17.0 Å². The molecule has 0 bridgehead atoms. The molecule has 10 nitrogen and oxygen atoms in total. The summed E-state index contributed by atoms with van der Waals surface area (Å²) in [5, 5.41) is 10.9. The molecule has 2 aromatic rings. The number of ether oxygens (including phenoxy) is 1. The first kappa shape index (κ1) is 33.0. The first-order chi connectivity index (χ1) is 20.2. The summed E-state index contributed by atoms with van der Waals surface area (Å²) in [6.07, 6.45) is 1.88. The van der Waals surface area contributed by atoms with Crippen LogP contribution in [0.1, 0.15) is 69.5 Å². The lowest BCUT2D eigenvalue weighted by molar-refractivity contribution is -0.147. The summed E-state index contributed by atoms with van der Waals surface area (Å²) >= 11 is 7.19. The van der Waals surface area contributed by atoms with Gasteiger partial charge in [0.1, 0.15) is 12.1 Å². The summed E-state index contributed by atoms with van der Waals surface area (Å²) in [4.78, 5) is 42.4. The molecule has 0 aliphatic carbocycles. The summed E-state index contributed by atoms with van der Waals surface area (Å²) in [5.41, 5.74) is 2.10. The zero-order valence-corrected chi connectivity index (χ0v) is 27.3. The minimum Gasteiger partial charge on any atom is -0.465 e. The minimum absolute atomic E-state index is 0.0648. The number of hydrogen-bond acceptors (Lipinski definition) is 7. The lowest BCUT2D eigenvalue weighted by Gasteiger charge is -2.38. The van der Waals surface area contributed by atoms with Crippen LogP contribution in [0.4, 0.5) is 10.5 Å². The van der Waals surface area contributed by atoms with E-state index in [0.29, 0.717) is 34.3 Å². The molecule has 2 amide bonds. The Morgan fingerprint density at radius 3 is 2.56 bits per heavy atom. The van der Waals surface area contributed by atoms with Crippen LogP contribution in [0, 0.1) is 5.41 Å². The molecule has 1 N–H and O–H groups in total. The fourth-order valence-electron chi connectivity index (χ4n) is 5.95.